The number of alkyl halides is 3. The Hall–Kier alpha value is -1.23. The van der Waals surface area contributed by atoms with Gasteiger partial charge in [0.05, 0.1) is 13.1 Å². The summed E-state index contributed by atoms with van der Waals surface area (Å²) in [7, 11) is 0. The Morgan fingerprint density at radius 2 is 1.80 bits per heavy atom. The van der Waals surface area contributed by atoms with E-state index in [0.717, 1.165) is 12.8 Å². The van der Waals surface area contributed by atoms with Gasteiger partial charge in [-0.2, -0.15) is 13.2 Å². The summed E-state index contributed by atoms with van der Waals surface area (Å²) >= 11 is 0. The number of aryl methyl sites for hydroxylation is 2. The van der Waals surface area contributed by atoms with Crippen LogP contribution in [0.25, 0.3) is 11.0 Å². The van der Waals surface area contributed by atoms with Crippen molar-refractivity contribution in [1.82, 2.24) is 4.57 Å². The molecule has 112 valence electrons. The van der Waals surface area contributed by atoms with E-state index in [4.69, 9.17) is 0 Å². The second-order valence-corrected chi connectivity index (χ2v) is 4.56. The molecule has 0 saturated carbocycles. The summed E-state index contributed by atoms with van der Waals surface area (Å²) in [6.07, 6.45) is -2.72. The van der Waals surface area contributed by atoms with Gasteiger partial charge in [-0.05, 0) is 25.5 Å². The topological polar surface area (TPSA) is 8.81 Å². The first-order chi connectivity index (χ1) is 9.00. The number of rotatable bonds is 4. The van der Waals surface area contributed by atoms with Gasteiger partial charge >= 0.3 is 12.0 Å². The zero-order chi connectivity index (χ0) is 14.0. The Labute approximate surface area is 122 Å². The molecule has 0 amide bonds. The second kappa shape index (κ2) is 6.48. The quantitative estimate of drug-likeness (QED) is 0.738. The smallest absolute Gasteiger partial charge is 0.495 e. The van der Waals surface area contributed by atoms with Gasteiger partial charge in [-0.15, -0.1) is 0 Å². The minimum Gasteiger partial charge on any atom is -1.00 e. The van der Waals surface area contributed by atoms with Crippen LogP contribution in [0.5, 0.6) is 0 Å². The fourth-order valence-electron chi connectivity index (χ4n) is 2.46. The molecule has 0 bridgehead atoms. The highest BCUT2D eigenvalue weighted by Gasteiger charge is 2.46. The van der Waals surface area contributed by atoms with Gasteiger partial charge in [-0.3, -0.25) is 0 Å². The number of halogens is 4. The third kappa shape index (κ3) is 2.92. The lowest BCUT2D eigenvalue weighted by Crippen LogP contribution is -3.00. The van der Waals surface area contributed by atoms with Crippen LogP contribution < -0.4 is 17.0 Å². The summed E-state index contributed by atoms with van der Waals surface area (Å²) in [6, 6.07) is 7.06. The van der Waals surface area contributed by atoms with Gasteiger partial charge in [0.25, 0.3) is 0 Å². The number of imidazole rings is 1. The predicted octanol–water partition coefficient (Wildman–Crippen LogP) is 0.772. The summed E-state index contributed by atoms with van der Waals surface area (Å²) in [5.74, 6) is -0.551. The third-order valence-electron chi connectivity index (χ3n) is 3.28. The molecular formula is C14H18ClF3N2. The molecule has 0 fully saturated rings. The molecule has 20 heavy (non-hydrogen) atoms. The van der Waals surface area contributed by atoms with E-state index in [-0.39, 0.29) is 12.4 Å². The second-order valence-electron chi connectivity index (χ2n) is 4.56. The average molecular weight is 307 g/mol. The molecule has 1 heterocycles. The van der Waals surface area contributed by atoms with Crippen molar-refractivity contribution in [2.75, 3.05) is 0 Å². The molecule has 0 aliphatic rings. The lowest BCUT2D eigenvalue weighted by molar-refractivity contribution is -0.692. The first-order valence-corrected chi connectivity index (χ1v) is 6.59. The fourth-order valence-corrected chi connectivity index (χ4v) is 2.46. The molecule has 0 radical (unpaired) electrons. The predicted molar refractivity (Wildman–Crippen MR) is 67.7 cm³/mol. The Bertz CT molecular complexity index is 576. The molecule has 0 aliphatic carbocycles. The van der Waals surface area contributed by atoms with Crippen molar-refractivity contribution in [2.45, 2.75) is 46.0 Å². The van der Waals surface area contributed by atoms with Gasteiger partial charge in [-0.25, -0.2) is 9.13 Å². The third-order valence-corrected chi connectivity index (χ3v) is 3.28. The molecule has 0 aliphatic heterocycles. The van der Waals surface area contributed by atoms with Gasteiger partial charge in [0.15, 0.2) is 11.0 Å². The van der Waals surface area contributed by atoms with E-state index >= 15 is 0 Å². The van der Waals surface area contributed by atoms with Crippen LogP contribution in [0.2, 0.25) is 0 Å². The van der Waals surface area contributed by atoms with Gasteiger partial charge < -0.3 is 12.4 Å². The highest BCUT2D eigenvalue weighted by atomic mass is 35.5. The molecule has 0 spiro atoms. The van der Waals surface area contributed by atoms with Crippen LogP contribution in [0.1, 0.15) is 32.5 Å². The number of benzene rings is 1. The van der Waals surface area contributed by atoms with Crippen molar-refractivity contribution >= 4 is 11.0 Å². The number of aromatic nitrogens is 2. The Morgan fingerprint density at radius 1 is 1.15 bits per heavy atom. The van der Waals surface area contributed by atoms with Gasteiger partial charge in [0, 0.05) is 0 Å². The van der Waals surface area contributed by atoms with Crippen molar-refractivity contribution in [3.05, 3.63) is 30.1 Å². The molecule has 0 N–H and O–H groups in total. The lowest BCUT2D eigenvalue weighted by Gasteiger charge is -2.06. The van der Waals surface area contributed by atoms with Gasteiger partial charge in [0.1, 0.15) is 0 Å². The van der Waals surface area contributed by atoms with Crippen molar-refractivity contribution < 1.29 is 30.1 Å². The van der Waals surface area contributed by atoms with E-state index < -0.39 is 12.0 Å². The largest absolute Gasteiger partial charge is 1.00 e. The standard InChI is InChI=1S/C14H18F3N2.ClH/c1-3-5-10-19-12-9-7-6-8-11(12)18(4-2)13(19)14(15,16)17;/h6-9H,3-5,10H2,1-2H3;1H/q+1;/p-1. The molecule has 0 atom stereocenters. The normalized spacial score (nSPS) is 11.7. The van der Waals surface area contributed by atoms with Crippen LogP contribution in [-0.4, -0.2) is 4.57 Å². The van der Waals surface area contributed by atoms with Crippen molar-refractivity contribution in [2.24, 2.45) is 0 Å². The molecular weight excluding hydrogens is 289 g/mol. The maximum absolute atomic E-state index is 13.3. The Balaban J connectivity index is 0.00000200. The highest BCUT2D eigenvalue weighted by Crippen LogP contribution is 2.30. The maximum Gasteiger partial charge on any atom is 0.495 e. The first kappa shape index (κ1) is 16.8. The minimum absolute atomic E-state index is 0. The zero-order valence-corrected chi connectivity index (χ0v) is 12.3. The van der Waals surface area contributed by atoms with E-state index in [2.05, 4.69) is 0 Å². The van der Waals surface area contributed by atoms with Crippen molar-refractivity contribution in [3.63, 3.8) is 0 Å². The molecule has 0 saturated heterocycles. The molecule has 1 aromatic heterocycles. The van der Waals surface area contributed by atoms with Crippen LogP contribution in [-0.2, 0) is 19.3 Å². The molecule has 6 heteroatoms. The molecule has 0 unspecified atom stereocenters. The van der Waals surface area contributed by atoms with E-state index in [9.17, 15) is 13.2 Å². The molecule has 2 nitrogen and oxygen atoms in total. The summed E-state index contributed by atoms with van der Waals surface area (Å²) < 4.78 is 42.7. The van der Waals surface area contributed by atoms with E-state index in [1.807, 2.05) is 6.92 Å². The van der Waals surface area contributed by atoms with Gasteiger partial charge in [-0.1, -0.05) is 25.5 Å². The number of hydrogen-bond donors (Lipinski definition) is 0. The Kier molecular flexibility index (Phi) is 5.45. The van der Waals surface area contributed by atoms with Crippen LogP contribution in [0.3, 0.4) is 0 Å². The van der Waals surface area contributed by atoms with Gasteiger partial charge in [0.2, 0.25) is 0 Å². The lowest BCUT2D eigenvalue weighted by atomic mass is 10.3. The summed E-state index contributed by atoms with van der Waals surface area (Å²) in [4.78, 5) is 0. The Morgan fingerprint density at radius 3 is 2.35 bits per heavy atom. The number of para-hydroxylation sites is 2. The SMILES string of the molecule is CCCC[n+]1c(C(F)(F)F)n(CC)c2ccccc21.[Cl-]. The summed E-state index contributed by atoms with van der Waals surface area (Å²) in [5, 5.41) is 0. The fraction of sp³-hybridized carbons (Fsp3) is 0.500. The van der Waals surface area contributed by atoms with E-state index in [1.54, 1.807) is 31.2 Å². The molecule has 1 aromatic carbocycles. The molecule has 2 aromatic rings. The van der Waals surface area contributed by atoms with Crippen molar-refractivity contribution in [3.8, 4) is 0 Å². The number of hydrogen-bond acceptors (Lipinski definition) is 0. The average Bonchev–Trinajstić information content (AvgIpc) is 2.70. The maximum atomic E-state index is 13.3. The van der Waals surface area contributed by atoms with E-state index in [1.165, 1.54) is 9.13 Å². The van der Waals surface area contributed by atoms with Crippen LogP contribution in [0.4, 0.5) is 13.2 Å². The zero-order valence-electron chi connectivity index (χ0n) is 11.5. The van der Waals surface area contributed by atoms with E-state index in [0.29, 0.717) is 24.1 Å². The number of fused-ring (bicyclic) bond motifs is 1. The minimum atomic E-state index is -4.33. The summed E-state index contributed by atoms with van der Waals surface area (Å²) in [6.45, 7) is 4.44. The summed E-state index contributed by atoms with van der Waals surface area (Å²) in [5.41, 5.74) is 1.30. The number of nitrogens with zero attached hydrogens (tertiary/aromatic N) is 2. The van der Waals surface area contributed by atoms with Crippen LogP contribution >= 0.6 is 0 Å². The monoisotopic (exact) mass is 306 g/mol. The highest BCUT2D eigenvalue weighted by molar-refractivity contribution is 5.72. The van der Waals surface area contributed by atoms with Crippen LogP contribution in [0, 0.1) is 0 Å². The van der Waals surface area contributed by atoms with Crippen molar-refractivity contribution in [1.29, 1.82) is 0 Å². The first-order valence-electron chi connectivity index (χ1n) is 6.59. The van der Waals surface area contributed by atoms with Crippen LogP contribution in [0.15, 0.2) is 24.3 Å². The number of unbranched alkanes of at least 4 members (excludes halogenated alkanes) is 1. The molecule has 2 rings (SSSR count).